The molecule has 1 heterocycles. The molecule has 1 aliphatic heterocycles. The van der Waals surface area contributed by atoms with Gasteiger partial charge in [0, 0.05) is 6.42 Å². The molecule has 0 saturated heterocycles. The number of rotatable bonds is 0. The first-order valence-electron chi connectivity index (χ1n) is 3.86. The summed E-state index contributed by atoms with van der Waals surface area (Å²) < 4.78 is 0. The molecule has 1 N–H and O–H groups in total. The molecule has 1 heteroatoms. The number of quaternary nitrogens is 1. The molecule has 0 aromatic heterocycles. The minimum atomic E-state index is 1.22. The third-order valence-electron chi connectivity index (χ3n) is 1.37. The van der Waals surface area contributed by atoms with Crippen LogP contribution in [0.3, 0.4) is 0 Å². The van der Waals surface area contributed by atoms with E-state index in [1.807, 2.05) is 13.8 Å². The molecule has 0 aromatic rings. The third-order valence-corrected chi connectivity index (χ3v) is 1.37. The summed E-state index contributed by atoms with van der Waals surface area (Å²) in [6.45, 7) is 6.54. The van der Waals surface area contributed by atoms with Crippen molar-refractivity contribution in [1.82, 2.24) is 0 Å². The second-order valence-corrected chi connectivity index (χ2v) is 2.17. The maximum Gasteiger partial charge on any atom is 0.0956 e. The first kappa shape index (κ1) is 8.70. The van der Waals surface area contributed by atoms with Crippen molar-refractivity contribution in [2.24, 2.45) is 0 Å². The van der Waals surface area contributed by atoms with Crippen molar-refractivity contribution in [3.63, 3.8) is 0 Å². The Bertz CT molecular complexity index is 76.6. The van der Waals surface area contributed by atoms with Crippen LogP contribution >= 0.6 is 0 Å². The van der Waals surface area contributed by atoms with E-state index in [-0.39, 0.29) is 0 Å². The van der Waals surface area contributed by atoms with Crippen LogP contribution in [0.25, 0.3) is 0 Å². The molecular formula is C8H18N+. The molecule has 54 valence electrons. The van der Waals surface area contributed by atoms with E-state index in [9.17, 15) is 0 Å². The SMILES string of the molecule is CC.C[NH+]1CC=CCC1. The molecule has 0 aromatic carbocycles. The van der Waals surface area contributed by atoms with Crippen molar-refractivity contribution in [3.05, 3.63) is 12.2 Å². The maximum atomic E-state index is 2.26. The maximum absolute atomic E-state index is 2.26. The summed E-state index contributed by atoms with van der Waals surface area (Å²) in [5.41, 5.74) is 0. The molecule has 0 aliphatic carbocycles. The quantitative estimate of drug-likeness (QED) is 0.453. The zero-order valence-electron chi connectivity index (χ0n) is 6.78. The fourth-order valence-corrected chi connectivity index (χ4v) is 0.834. The summed E-state index contributed by atoms with van der Waals surface area (Å²) >= 11 is 0. The molecule has 0 spiro atoms. The summed E-state index contributed by atoms with van der Waals surface area (Å²) in [5.74, 6) is 0. The fourth-order valence-electron chi connectivity index (χ4n) is 0.834. The van der Waals surface area contributed by atoms with Gasteiger partial charge in [0.25, 0.3) is 0 Å². The zero-order chi connectivity index (χ0) is 7.11. The molecule has 1 nitrogen and oxygen atoms in total. The van der Waals surface area contributed by atoms with Crippen molar-refractivity contribution >= 4 is 0 Å². The molecule has 0 fully saturated rings. The Labute approximate surface area is 58.4 Å². The van der Waals surface area contributed by atoms with E-state index in [4.69, 9.17) is 0 Å². The van der Waals surface area contributed by atoms with Gasteiger partial charge in [-0.05, 0) is 6.08 Å². The highest BCUT2D eigenvalue weighted by Gasteiger charge is 1.99. The van der Waals surface area contributed by atoms with E-state index in [0.717, 1.165) is 0 Å². The van der Waals surface area contributed by atoms with Crippen LogP contribution in [0.1, 0.15) is 20.3 Å². The molecule has 1 aliphatic rings. The topological polar surface area (TPSA) is 4.44 Å². The van der Waals surface area contributed by atoms with Gasteiger partial charge in [-0.25, -0.2) is 0 Å². The Morgan fingerprint density at radius 3 is 2.11 bits per heavy atom. The van der Waals surface area contributed by atoms with Crippen LogP contribution in [0.4, 0.5) is 0 Å². The average Bonchev–Trinajstić information content (AvgIpc) is 1.94. The fraction of sp³-hybridized carbons (Fsp3) is 0.750. The lowest BCUT2D eigenvalue weighted by Gasteiger charge is -2.12. The van der Waals surface area contributed by atoms with Crippen molar-refractivity contribution in [1.29, 1.82) is 0 Å². The Morgan fingerprint density at radius 1 is 1.22 bits per heavy atom. The van der Waals surface area contributed by atoms with Gasteiger partial charge >= 0.3 is 0 Å². The van der Waals surface area contributed by atoms with Gasteiger partial charge in [0.15, 0.2) is 0 Å². The van der Waals surface area contributed by atoms with Crippen LogP contribution in [0.2, 0.25) is 0 Å². The Hall–Kier alpha value is -0.300. The van der Waals surface area contributed by atoms with Gasteiger partial charge in [-0.3, -0.25) is 0 Å². The highest BCUT2D eigenvalue weighted by molar-refractivity contribution is 4.82. The Kier molecular flexibility index (Phi) is 5.64. The summed E-state index contributed by atoms with van der Waals surface area (Å²) in [5, 5.41) is 0. The highest BCUT2D eigenvalue weighted by atomic mass is 15.1. The van der Waals surface area contributed by atoms with Crippen LogP contribution in [0.15, 0.2) is 12.2 Å². The molecule has 0 amide bonds. The molecule has 0 radical (unpaired) electrons. The van der Waals surface area contributed by atoms with Gasteiger partial charge in [-0.2, -0.15) is 0 Å². The number of hydrogen-bond donors (Lipinski definition) is 1. The number of nitrogens with one attached hydrogen (secondary N) is 1. The molecular weight excluding hydrogens is 110 g/mol. The Morgan fingerprint density at radius 2 is 1.89 bits per heavy atom. The predicted molar refractivity (Wildman–Crippen MR) is 41.7 cm³/mol. The smallest absolute Gasteiger partial charge is 0.0956 e. The molecule has 1 unspecified atom stereocenters. The number of likely N-dealkylation sites (N-methyl/N-ethyl adjacent to an activating group) is 1. The third kappa shape index (κ3) is 4.22. The molecule has 0 bridgehead atoms. The van der Waals surface area contributed by atoms with Crippen LogP contribution in [0, 0.1) is 0 Å². The minimum absolute atomic E-state index is 1.22. The van der Waals surface area contributed by atoms with E-state index >= 15 is 0 Å². The van der Waals surface area contributed by atoms with Gasteiger partial charge in [0.05, 0.1) is 20.1 Å². The summed E-state index contributed by atoms with van der Waals surface area (Å²) in [4.78, 5) is 1.63. The van der Waals surface area contributed by atoms with E-state index in [2.05, 4.69) is 19.2 Å². The lowest BCUT2D eigenvalue weighted by Crippen LogP contribution is -3.09. The van der Waals surface area contributed by atoms with E-state index < -0.39 is 0 Å². The van der Waals surface area contributed by atoms with Crippen molar-refractivity contribution in [2.45, 2.75) is 20.3 Å². The average molecular weight is 128 g/mol. The molecule has 1 rings (SSSR count). The first-order chi connectivity index (χ1) is 4.39. The Balaban J connectivity index is 0.000000291. The van der Waals surface area contributed by atoms with E-state index in [0.29, 0.717) is 0 Å². The molecule has 9 heavy (non-hydrogen) atoms. The van der Waals surface area contributed by atoms with Crippen LogP contribution in [-0.4, -0.2) is 20.1 Å². The normalized spacial score (nSPS) is 24.6. The molecule has 0 saturated carbocycles. The van der Waals surface area contributed by atoms with E-state index in [1.54, 1.807) is 4.90 Å². The summed E-state index contributed by atoms with van der Waals surface area (Å²) in [7, 11) is 2.23. The van der Waals surface area contributed by atoms with Gasteiger partial charge in [-0.1, -0.05) is 19.9 Å². The summed E-state index contributed by atoms with van der Waals surface area (Å²) in [6.07, 6.45) is 5.78. The summed E-state index contributed by atoms with van der Waals surface area (Å²) in [6, 6.07) is 0. The second kappa shape index (κ2) is 5.83. The van der Waals surface area contributed by atoms with Gasteiger partial charge in [0.1, 0.15) is 0 Å². The highest BCUT2D eigenvalue weighted by Crippen LogP contribution is 1.79. The first-order valence-corrected chi connectivity index (χ1v) is 3.86. The monoisotopic (exact) mass is 128 g/mol. The van der Waals surface area contributed by atoms with E-state index in [1.165, 1.54) is 19.5 Å². The minimum Gasteiger partial charge on any atom is -0.334 e. The van der Waals surface area contributed by atoms with Crippen LogP contribution in [-0.2, 0) is 0 Å². The van der Waals surface area contributed by atoms with Gasteiger partial charge < -0.3 is 4.90 Å². The van der Waals surface area contributed by atoms with Crippen molar-refractivity contribution < 1.29 is 4.90 Å². The number of hydrogen-bond acceptors (Lipinski definition) is 0. The van der Waals surface area contributed by atoms with Crippen molar-refractivity contribution in [2.75, 3.05) is 20.1 Å². The lowest BCUT2D eigenvalue weighted by atomic mass is 10.3. The lowest BCUT2D eigenvalue weighted by molar-refractivity contribution is -0.874. The van der Waals surface area contributed by atoms with Gasteiger partial charge in [-0.15, -0.1) is 0 Å². The zero-order valence-corrected chi connectivity index (χ0v) is 6.78. The largest absolute Gasteiger partial charge is 0.334 e. The molecule has 1 atom stereocenters. The van der Waals surface area contributed by atoms with Crippen LogP contribution in [0.5, 0.6) is 0 Å². The van der Waals surface area contributed by atoms with Crippen molar-refractivity contribution in [3.8, 4) is 0 Å². The van der Waals surface area contributed by atoms with Gasteiger partial charge in [0.2, 0.25) is 0 Å². The second-order valence-electron chi connectivity index (χ2n) is 2.17. The van der Waals surface area contributed by atoms with Crippen LogP contribution < -0.4 is 4.90 Å². The predicted octanol–water partition coefficient (Wildman–Crippen LogP) is 0.487. The standard InChI is InChI=1S/C6H11N.C2H6/c1-7-5-3-2-4-6-7;1-2/h2-3H,4-6H2,1H3;1-2H3/p+1.